The van der Waals surface area contributed by atoms with Crippen LogP contribution >= 0.6 is 15.2 Å². The highest BCUT2D eigenvalue weighted by molar-refractivity contribution is 7.55. The van der Waals surface area contributed by atoms with E-state index in [4.69, 9.17) is 27.6 Å². The SMILES string of the molecule is CCCP(=O)(Oc1ccc(O)cc1)Oc1ccc(O)cc1.CCCP(=O)(Oc1ccc(OCc2ccccc2)cc1)Oc1ccc(OCc2ccccc2)cc1. The summed E-state index contributed by atoms with van der Waals surface area (Å²) in [5.74, 6) is 3.29. The second kappa shape index (κ2) is 20.7. The molecule has 0 amide bonds. The maximum atomic E-state index is 13.4. The van der Waals surface area contributed by atoms with Gasteiger partial charge in [0.25, 0.3) is 0 Å². The fourth-order valence-corrected chi connectivity index (χ4v) is 8.41. The Kier molecular flexibility index (Phi) is 15.3. The van der Waals surface area contributed by atoms with Gasteiger partial charge in [0, 0.05) is 0 Å². The van der Waals surface area contributed by atoms with E-state index < -0.39 is 15.2 Å². The molecule has 6 aromatic carbocycles. The first kappa shape index (κ1) is 41.3. The smallest absolute Gasteiger partial charge is 0.430 e. The van der Waals surface area contributed by atoms with Crippen LogP contribution in [0.25, 0.3) is 0 Å². The van der Waals surface area contributed by atoms with E-state index in [1.807, 2.05) is 74.5 Å². The summed E-state index contributed by atoms with van der Waals surface area (Å²) in [5.41, 5.74) is 2.18. The Morgan fingerprint density at radius 3 is 0.946 bits per heavy atom. The fourth-order valence-electron chi connectivity index (χ4n) is 5.10. The lowest BCUT2D eigenvalue weighted by Gasteiger charge is -2.20. The molecule has 12 heteroatoms. The zero-order chi connectivity index (χ0) is 39.6. The van der Waals surface area contributed by atoms with Gasteiger partial charge < -0.3 is 37.8 Å². The summed E-state index contributed by atoms with van der Waals surface area (Å²) in [5, 5.41) is 18.5. The van der Waals surface area contributed by atoms with Crippen molar-refractivity contribution in [3.63, 3.8) is 0 Å². The molecule has 0 saturated heterocycles. The summed E-state index contributed by atoms with van der Waals surface area (Å²) >= 11 is 0. The molecular weight excluding hydrogens is 750 g/mol. The molecule has 0 bridgehead atoms. The number of phenolic OH excluding ortho intramolecular Hbond substituents is 2. The second-order valence-electron chi connectivity index (χ2n) is 12.5. The van der Waals surface area contributed by atoms with Crippen molar-refractivity contribution < 1.29 is 46.9 Å². The van der Waals surface area contributed by atoms with E-state index in [2.05, 4.69) is 0 Å². The van der Waals surface area contributed by atoms with E-state index in [0.29, 0.717) is 66.7 Å². The van der Waals surface area contributed by atoms with Gasteiger partial charge in [-0.2, -0.15) is 0 Å². The van der Waals surface area contributed by atoms with Crippen LogP contribution in [0.3, 0.4) is 0 Å². The summed E-state index contributed by atoms with van der Waals surface area (Å²) in [7, 11) is -6.76. The molecule has 0 aliphatic heterocycles. The zero-order valence-corrected chi connectivity index (χ0v) is 33.1. The number of hydrogen-bond acceptors (Lipinski definition) is 10. The molecule has 0 aliphatic rings. The first-order chi connectivity index (χ1) is 27.1. The quantitative estimate of drug-likeness (QED) is 0.0811. The minimum absolute atomic E-state index is 0.104. The molecule has 0 spiro atoms. The molecule has 0 saturated carbocycles. The number of ether oxygens (including phenoxy) is 2. The lowest BCUT2D eigenvalue weighted by atomic mass is 10.2. The van der Waals surface area contributed by atoms with Gasteiger partial charge in [0.1, 0.15) is 59.2 Å². The van der Waals surface area contributed by atoms with E-state index >= 15 is 0 Å². The van der Waals surface area contributed by atoms with E-state index in [1.54, 1.807) is 48.5 Å². The van der Waals surface area contributed by atoms with Gasteiger partial charge in [0.2, 0.25) is 0 Å². The van der Waals surface area contributed by atoms with Crippen LogP contribution in [0.1, 0.15) is 37.8 Å². The third kappa shape index (κ3) is 13.8. The third-order valence-electron chi connectivity index (χ3n) is 7.79. The molecule has 10 nitrogen and oxygen atoms in total. The van der Waals surface area contributed by atoms with Crippen LogP contribution < -0.4 is 27.6 Å². The fraction of sp³-hybridized carbons (Fsp3) is 0.182. The predicted octanol–water partition coefficient (Wildman–Crippen LogP) is 12.1. The van der Waals surface area contributed by atoms with Crippen LogP contribution in [0.4, 0.5) is 0 Å². The predicted molar refractivity (Wildman–Crippen MR) is 219 cm³/mol. The van der Waals surface area contributed by atoms with Gasteiger partial charge in [-0.05, 0) is 121 Å². The minimum atomic E-state index is -3.40. The van der Waals surface area contributed by atoms with Gasteiger partial charge >= 0.3 is 15.2 Å². The van der Waals surface area contributed by atoms with E-state index in [0.717, 1.165) is 11.1 Å². The molecule has 0 fully saturated rings. The molecule has 0 atom stereocenters. The molecule has 0 heterocycles. The first-order valence-electron chi connectivity index (χ1n) is 18.2. The molecule has 292 valence electrons. The topological polar surface area (TPSA) is 130 Å². The van der Waals surface area contributed by atoms with Crippen molar-refractivity contribution in [2.45, 2.75) is 39.9 Å². The number of rotatable bonds is 18. The average molecular weight is 797 g/mol. The molecule has 0 radical (unpaired) electrons. The van der Waals surface area contributed by atoms with Crippen molar-refractivity contribution in [3.8, 4) is 46.0 Å². The Bertz CT molecular complexity index is 1980. The van der Waals surface area contributed by atoms with Crippen molar-refractivity contribution in [2.24, 2.45) is 0 Å². The normalized spacial score (nSPS) is 11.0. The Morgan fingerprint density at radius 1 is 0.393 bits per heavy atom. The average Bonchev–Trinajstić information content (AvgIpc) is 3.20. The molecule has 6 aromatic rings. The van der Waals surface area contributed by atoms with Crippen molar-refractivity contribution in [1.82, 2.24) is 0 Å². The van der Waals surface area contributed by atoms with Crippen LogP contribution in [0, 0.1) is 0 Å². The molecule has 0 aliphatic carbocycles. The van der Waals surface area contributed by atoms with Crippen LogP contribution in [-0.4, -0.2) is 22.5 Å². The van der Waals surface area contributed by atoms with Crippen molar-refractivity contribution >= 4 is 15.2 Å². The third-order valence-corrected chi connectivity index (χ3v) is 11.7. The van der Waals surface area contributed by atoms with Crippen molar-refractivity contribution in [3.05, 3.63) is 169 Å². The molecule has 6 rings (SSSR count). The van der Waals surface area contributed by atoms with E-state index in [9.17, 15) is 19.3 Å². The van der Waals surface area contributed by atoms with Gasteiger partial charge in [-0.1, -0.05) is 74.5 Å². The summed E-state index contributed by atoms with van der Waals surface area (Å²) < 4.78 is 60.5. The van der Waals surface area contributed by atoms with Crippen LogP contribution in [0.5, 0.6) is 46.0 Å². The van der Waals surface area contributed by atoms with Crippen molar-refractivity contribution in [1.29, 1.82) is 0 Å². The Balaban J connectivity index is 0.000000244. The lowest BCUT2D eigenvalue weighted by molar-refractivity contribution is 0.305. The Labute approximate surface area is 328 Å². The maximum Gasteiger partial charge on any atom is 0.430 e. The summed E-state index contributed by atoms with van der Waals surface area (Å²) in [6, 6.07) is 46.0. The maximum absolute atomic E-state index is 13.4. The van der Waals surface area contributed by atoms with Gasteiger partial charge in [0.05, 0.1) is 12.3 Å². The van der Waals surface area contributed by atoms with Crippen LogP contribution in [0.2, 0.25) is 0 Å². The monoisotopic (exact) mass is 796 g/mol. The molecular formula is C44H46O10P2. The Morgan fingerprint density at radius 2 is 0.661 bits per heavy atom. The zero-order valence-electron chi connectivity index (χ0n) is 31.3. The summed E-state index contributed by atoms with van der Waals surface area (Å²) in [6.07, 6.45) is 1.85. The number of phenols is 2. The number of benzene rings is 6. The molecule has 0 unspecified atom stereocenters. The summed E-state index contributed by atoms with van der Waals surface area (Å²) in [4.78, 5) is 0. The van der Waals surface area contributed by atoms with Gasteiger partial charge in [-0.3, -0.25) is 0 Å². The number of aromatic hydroxyl groups is 2. The highest BCUT2D eigenvalue weighted by Crippen LogP contribution is 2.50. The molecule has 2 N–H and O–H groups in total. The highest BCUT2D eigenvalue weighted by atomic mass is 31.2. The van der Waals surface area contributed by atoms with E-state index in [-0.39, 0.29) is 17.7 Å². The van der Waals surface area contributed by atoms with E-state index in [1.165, 1.54) is 48.5 Å². The first-order valence-corrected chi connectivity index (χ1v) is 21.7. The van der Waals surface area contributed by atoms with Gasteiger partial charge in [0.15, 0.2) is 0 Å². The Hall–Kier alpha value is -5.82. The minimum Gasteiger partial charge on any atom is -0.508 e. The largest absolute Gasteiger partial charge is 0.508 e. The number of hydrogen-bond donors (Lipinski definition) is 2. The van der Waals surface area contributed by atoms with Gasteiger partial charge in [-0.15, -0.1) is 0 Å². The van der Waals surface area contributed by atoms with Crippen molar-refractivity contribution in [2.75, 3.05) is 12.3 Å². The van der Waals surface area contributed by atoms with Crippen LogP contribution in [0.15, 0.2) is 158 Å². The van der Waals surface area contributed by atoms with Crippen LogP contribution in [-0.2, 0) is 22.3 Å². The molecule has 56 heavy (non-hydrogen) atoms. The standard InChI is InChI=1S/C29H29O5P.C15H17O5P/c1-2-21-35(30,33-28-17-13-26(14-18-28)31-22-24-9-5-3-6-10-24)34-29-19-15-27(16-20-29)32-23-25-11-7-4-8-12-25;1-2-11-21(18,19-14-7-3-12(16)4-8-14)20-15-9-5-13(17)6-10-15/h3-20H,2,21-23H2,1H3;3-10,16-17H,2,11H2,1H3. The van der Waals surface area contributed by atoms with Gasteiger partial charge in [-0.25, -0.2) is 9.13 Å². The lowest BCUT2D eigenvalue weighted by Crippen LogP contribution is -2.05. The highest BCUT2D eigenvalue weighted by Gasteiger charge is 2.28. The second-order valence-corrected chi connectivity index (χ2v) is 16.6. The summed E-state index contributed by atoms with van der Waals surface area (Å²) in [6.45, 7) is 4.78. The molecule has 0 aromatic heterocycles.